The van der Waals surface area contributed by atoms with Crippen LogP contribution in [0.4, 0.5) is 4.39 Å². The van der Waals surface area contributed by atoms with E-state index in [4.69, 9.17) is 4.74 Å². The van der Waals surface area contributed by atoms with E-state index >= 15 is 0 Å². The first kappa shape index (κ1) is 14.8. The summed E-state index contributed by atoms with van der Waals surface area (Å²) in [7, 11) is 1.43. The maximum Gasteiger partial charge on any atom is 0.258 e. The molecule has 1 aromatic rings. The van der Waals surface area contributed by atoms with Crippen molar-refractivity contribution in [1.29, 1.82) is 0 Å². The average Bonchev–Trinajstić information content (AvgIpc) is 2.41. The van der Waals surface area contributed by atoms with E-state index in [1.807, 2.05) is 6.92 Å². The van der Waals surface area contributed by atoms with Crippen LogP contribution in [0.5, 0.6) is 5.75 Å². The molecule has 0 radical (unpaired) electrons. The van der Waals surface area contributed by atoms with Gasteiger partial charge in [0.05, 0.1) is 7.11 Å². The molecule has 3 unspecified atom stereocenters. The Bertz CT molecular complexity index is 493. The number of carbonyl (C=O) groups is 1. The van der Waals surface area contributed by atoms with Gasteiger partial charge in [-0.15, -0.1) is 0 Å². The Morgan fingerprint density at radius 3 is 2.80 bits per heavy atom. The van der Waals surface area contributed by atoms with E-state index in [0.29, 0.717) is 6.04 Å². The van der Waals surface area contributed by atoms with Gasteiger partial charge in [0, 0.05) is 18.1 Å². The van der Waals surface area contributed by atoms with Gasteiger partial charge in [-0.1, -0.05) is 6.07 Å². The summed E-state index contributed by atoms with van der Waals surface area (Å²) < 4.78 is 18.9. The largest absolute Gasteiger partial charge is 0.496 e. The Labute approximate surface area is 118 Å². The SMILES string of the molecule is COc1cccc(F)c1C(=O)NC1CCC(C)NC1C. The number of hydrogen-bond acceptors (Lipinski definition) is 3. The van der Waals surface area contributed by atoms with E-state index in [1.54, 1.807) is 6.07 Å². The van der Waals surface area contributed by atoms with Crippen LogP contribution in [-0.4, -0.2) is 31.1 Å². The lowest BCUT2D eigenvalue weighted by Crippen LogP contribution is -2.54. The van der Waals surface area contributed by atoms with Gasteiger partial charge < -0.3 is 15.4 Å². The van der Waals surface area contributed by atoms with Crippen LogP contribution in [0.1, 0.15) is 37.0 Å². The predicted octanol–water partition coefficient (Wildman–Crippen LogP) is 2.09. The van der Waals surface area contributed by atoms with E-state index in [1.165, 1.54) is 19.2 Å². The maximum absolute atomic E-state index is 13.8. The molecule has 1 aromatic carbocycles. The van der Waals surface area contributed by atoms with Crippen molar-refractivity contribution >= 4 is 5.91 Å². The van der Waals surface area contributed by atoms with Gasteiger partial charge in [-0.25, -0.2) is 4.39 Å². The highest BCUT2D eigenvalue weighted by Gasteiger charge is 2.28. The molecule has 2 N–H and O–H groups in total. The van der Waals surface area contributed by atoms with Gasteiger partial charge >= 0.3 is 0 Å². The summed E-state index contributed by atoms with van der Waals surface area (Å²) in [5, 5.41) is 6.29. The van der Waals surface area contributed by atoms with Gasteiger partial charge in [0.1, 0.15) is 17.1 Å². The average molecular weight is 280 g/mol. The highest BCUT2D eigenvalue weighted by molar-refractivity contribution is 5.97. The summed E-state index contributed by atoms with van der Waals surface area (Å²) in [4.78, 5) is 12.3. The van der Waals surface area contributed by atoms with Crippen LogP contribution < -0.4 is 15.4 Å². The van der Waals surface area contributed by atoms with Crippen molar-refractivity contribution in [3.05, 3.63) is 29.6 Å². The Hall–Kier alpha value is -1.62. The van der Waals surface area contributed by atoms with Crippen LogP contribution in [0.15, 0.2) is 18.2 Å². The van der Waals surface area contributed by atoms with Crippen molar-refractivity contribution in [2.45, 2.75) is 44.8 Å². The first-order valence-corrected chi connectivity index (χ1v) is 6.92. The molecular formula is C15H21FN2O2. The molecule has 3 atom stereocenters. The Kier molecular flexibility index (Phi) is 4.60. The number of amides is 1. The number of ether oxygens (including phenoxy) is 1. The molecule has 0 aliphatic carbocycles. The second kappa shape index (κ2) is 6.22. The predicted molar refractivity (Wildman–Crippen MR) is 75.5 cm³/mol. The van der Waals surface area contributed by atoms with E-state index in [0.717, 1.165) is 12.8 Å². The van der Waals surface area contributed by atoms with Gasteiger partial charge in [-0.2, -0.15) is 0 Å². The summed E-state index contributed by atoms with van der Waals surface area (Å²) in [5.41, 5.74) is -0.0270. The van der Waals surface area contributed by atoms with Crippen molar-refractivity contribution < 1.29 is 13.9 Å². The minimum Gasteiger partial charge on any atom is -0.496 e. The van der Waals surface area contributed by atoms with E-state index in [-0.39, 0.29) is 23.4 Å². The smallest absolute Gasteiger partial charge is 0.258 e. The molecule has 0 spiro atoms. The Morgan fingerprint density at radius 1 is 1.40 bits per heavy atom. The molecule has 0 aromatic heterocycles. The molecule has 1 amide bonds. The lowest BCUT2D eigenvalue weighted by molar-refractivity contribution is 0.0907. The van der Waals surface area contributed by atoms with Gasteiger partial charge in [0.25, 0.3) is 5.91 Å². The van der Waals surface area contributed by atoms with Gasteiger partial charge in [-0.3, -0.25) is 4.79 Å². The number of piperidine rings is 1. The van der Waals surface area contributed by atoms with Gasteiger partial charge in [0.15, 0.2) is 0 Å². The van der Waals surface area contributed by atoms with Crippen molar-refractivity contribution in [2.24, 2.45) is 0 Å². The van der Waals surface area contributed by atoms with Crippen molar-refractivity contribution in [1.82, 2.24) is 10.6 Å². The fourth-order valence-corrected chi connectivity index (χ4v) is 2.66. The Morgan fingerprint density at radius 2 is 2.15 bits per heavy atom. The first-order chi connectivity index (χ1) is 9.52. The zero-order valence-corrected chi connectivity index (χ0v) is 12.1. The van der Waals surface area contributed by atoms with Crippen LogP contribution in [0.2, 0.25) is 0 Å². The highest BCUT2D eigenvalue weighted by Crippen LogP contribution is 2.22. The molecule has 5 heteroatoms. The van der Waals surface area contributed by atoms with Crippen LogP contribution in [-0.2, 0) is 0 Å². The molecule has 110 valence electrons. The highest BCUT2D eigenvalue weighted by atomic mass is 19.1. The molecule has 4 nitrogen and oxygen atoms in total. The third kappa shape index (κ3) is 3.10. The monoisotopic (exact) mass is 280 g/mol. The first-order valence-electron chi connectivity index (χ1n) is 6.92. The molecule has 1 fully saturated rings. The number of hydrogen-bond donors (Lipinski definition) is 2. The topological polar surface area (TPSA) is 50.4 Å². The summed E-state index contributed by atoms with van der Waals surface area (Å²) >= 11 is 0. The summed E-state index contributed by atoms with van der Waals surface area (Å²) in [6.45, 7) is 4.15. The molecule has 1 aliphatic rings. The summed E-state index contributed by atoms with van der Waals surface area (Å²) in [5.74, 6) is -0.730. The Balaban J connectivity index is 2.13. The fourth-order valence-electron chi connectivity index (χ4n) is 2.66. The van der Waals surface area contributed by atoms with E-state index in [2.05, 4.69) is 17.6 Å². The minimum absolute atomic E-state index is 0.00279. The zero-order valence-electron chi connectivity index (χ0n) is 12.1. The third-order valence-corrected chi connectivity index (χ3v) is 3.80. The molecule has 20 heavy (non-hydrogen) atoms. The standard InChI is InChI=1S/C15H21FN2O2/c1-9-7-8-12(10(2)17-9)18-15(19)14-11(16)5-4-6-13(14)20-3/h4-6,9-10,12,17H,7-8H2,1-3H3,(H,18,19). The maximum atomic E-state index is 13.8. The van der Waals surface area contributed by atoms with Crippen LogP contribution in [0.25, 0.3) is 0 Å². The van der Waals surface area contributed by atoms with Crippen LogP contribution in [0, 0.1) is 5.82 Å². The molecule has 1 heterocycles. The van der Waals surface area contributed by atoms with E-state index < -0.39 is 11.7 Å². The zero-order chi connectivity index (χ0) is 14.7. The molecule has 2 rings (SSSR count). The normalized spacial score (nSPS) is 26.1. The third-order valence-electron chi connectivity index (χ3n) is 3.80. The molecule has 1 aliphatic heterocycles. The molecule has 1 saturated heterocycles. The quantitative estimate of drug-likeness (QED) is 0.891. The second-order valence-electron chi connectivity index (χ2n) is 5.33. The van der Waals surface area contributed by atoms with Crippen molar-refractivity contribution in [3.8, 4) is 5.75 Å². The van der Waals surface area contributed by atoms with Crippen molar-refractivity contribution in [2.75, 3.05) is 7.11 Å². The minimum atomic E-state index is -0.563. The number of halogens is 1. The molecule has 0 saturated carbocycles. The van der Waals surface area contributed by atoms with Crippen molar-refractivity contribution in [3.63, 3.8) is 0 Å². The fraction of sp³-hybridized carbons (Fsp3) is 0.533. The molecular weight excluding hydrogens is 259 g/mol. The summed E-state index contributed by atoms with van der Waals surface area (Å²) in [6.07, 6.45) is 1.88. The van der Waals surface area contributed by atoms with Crippen LogP contribution in [0.3, 0.4) is 0 Å². The lowest BCUT2D eigenvalue weighted by atomic mass is 9.95. The molecule has 0 bridgehead atoms. The van der Waals surface area contributed by atoms with Gasteiger partial charge in [-0.05, 0) is 38.8 Å². The number of nitrogens with one attached hydrogen (secondary N) is 2. The number of carbonyl (C=O) groups excluding carboxylic acids is 1. The summed E-state index contributed by atoms with van der Waals surface area (Å²) in [6, 6.07) is 4.99. The number of rotatable bonds is 3. The number of benzene rings is 1. The second-order valence-corrected chi connectivity index (χ2v) is 5.33. The van der Waals surface area contributed by atoms with Gasteiger partial charge in [0.2, 0.25) is 0 Å². The lowest BCUT2D eigenvalue weighted by Gasteiger charge is -2.34. The van der Waals surface area contributed by atoms with Crippen LogP contribution >= 0.6 is 0 Å². The van der Waals surface area contributed by atoms with E-state index in [9.17, 15) is 9.18 Å². The number of methoxy groups -OCH3 is 1.